The fourth-order valence-corrected chi connectivity index (χ4v) is 7.99. The van der Waals surface area contributed by atoms with Gasteiger partial charge in [0.25, 0.3) is 0 Å². The van der Waals surface area contributed by atoms with E-state index in [1.54, 1.807) is 0 Å². The van der Waals surface area contributed by atoms with Gasteiger partial charge in [0.1, 0.15) is 11.5 Å². The Morgan fingerprint density at radius 3 is 2.55 bits per heavy atom. The monoisotopic (exact) mass is 483 g/mol. The van der Waals surface area contributed by atoms with E-state index < -0.39 is 21.7 Å². The third kappa shape index (κ3) is 4.29. The van der Waals surface area contributed by atoms with Crippen LogP contribution in [0.25, 0.3) is 11.4 Å². The lowest BCUT2D eigenvalue weighted by molar-refractivity contribution is -0.141. The molecule has 2 saturated heterocycles. The SMILES string of the molecule is CC(C)n1nc(-c2ccc(C(F)(F)F)nc2)nc1[C@@H]1CC[C@@H](N2CCC3(C2)CS(=O)(=O)C3)C1. The molecule has 2 aliphatic heterocycles. The summed E-state index contributed by atoms with van der Waals surface area (Å²) in [5.41, 5.74) is -0.514. The number of halogens is 3. The van der Waals surface area contributed by atoms with Crippen LogP contribution in [-0.4, -0.2) is 63.7 Å². The van der Waals surface area contributed by atoms with Crippen LogP contribution in [0.2, 0.25) is 0 Å². The highest BCUT2D eigenvalue weighted by Gasteiger charge is 2.53. The number of hydrogen-bond donors (Lipinski definition) is 0. The molecule has 180 valence electrons. The van der Waals surface area contributed by atoms with Crippen LogP contribution in [0.4, 0.5) is 13.2 Å². The highest BCUT2D eigenvalue weighted by molar-refractivity contribution is 7.92. The van der Waals surface area contributed by atoms with Crippen LogP contribution in [0.3, 0.4) is 0 Å². The van der Waals surface area contributed by atoms with E-state index in [1.807, 2.05) is 18.5 Å². The van der Waals surface area contributed by atoms with Gasteiger partial charge in [-0.25, -0.2) is 18.1 Å². The zero-order valence-corrected chi connectivity index (χ0v) is 19.5. The van der Waals surface area contributed by atoms with E-state index >= 15 is 0 Å². The van der Waals surface area contributed by atoms with Crippen LogP contribution in [0.15, 0.2) is 18.3 Å². The van der Waals surface area contributed by atoms with Crippen LogP contribution in [0.1, 0.15) is 63.0 Å². The Morgan fingerprint density at radius 2 is 1.94 bits per heavy atom. The lowest BCUT2D eigenvalue weighted by Crippen LogP contribution is -2.50. The average molecular weight is 484 g/mol. The number of rotatable bonds is 4. The minimum Gasteiger partial charge on any atom is -0.300 e. The standard InChI is InChI=1S/C22H28F3N5O2S/c1-14(2)30-20(27-19(28-30)16-4-6-18(26-10-16)22(23,24)25)15-3-5-17(9-15)29-8-7-21(11-29)12-33(31,32)13-21/h4,6,10,14-15,17H,3,5,7-9,11-13H2,1-2H3/t15-,17-/m1/s1. The predicted octanol–water partition coefficient (Wildman–Crippen LogP) is 3.70. The highest BCUT2D eigenvalue weighted by Crippen LogP contribution is 2.45. The van der Waals surface area contributed by atoms with Crippen LogP contribution in [-0.2, 0) is 16.0 Å². The number of alkyl halides is 3. The molecule has 11 heteroatoms. The summed E-state index contributed by atoms with van der Waals surface area (Å²) in [6, 6.07) is 2.79. The quantitative estimate of drug-likeness (QED) is 0.660. The van der Waals surface area contributed by atoms with Gasteiger partial charge in [-0.15, -0.1) is 0 Å². The Kier molecular flexibility index (Phi) is 5.35. The van der Waals surface area contributed by atoms with Gasteiger partial charge in [-0.3, -0.25) is 9.88 Å². The summed E-state index contributed by atoms with van der Waals surface area (Å²) in [5.74, 6) is 2.10. The van der Waals surface area contributed by atoms with E-state index in [1.165, 1.54) is 12.3 Å². The molecule has 2 aromatic rings. The smallest absolute Gasteiger partial charge is 0.300 e. The van der Waals surface area contributed by atoms with E-state index in [9.17, 15) is 21.6 Å². The van der Waals surface area contributed by atoms with Crippen molar-refractivity contribution >= 4 is 9.84 Å². The van der Waals surface area contributed by atoms with Crippen LogP contribution >= 0.6 is 0 Å². The first-order chi connectivity index (χ1) is 15.4. The summed E-state index contributed by atoms with van der Waals surface area (Å²) in [4.78, 5) is 10.7. The summed E-state index contributed by atoms with van der Waals surface area (Å²) in [7, 11) is -2.84. The predicted molar refractivity (Wildman–Crippen MR) is 116 cm³/mol. The summed E-state index contributed by atoms with van der Waals surface area (Å²) in [6.45, 7) is 5.82. The van der Waals surface area contributed by atoms with E-state index in [0.717, 1.165) is 50.7 Å². The van der Waals surface area contributed by atoms with Gasteiger partial charge in [0.05, 0.1) is 11.5 Å². The zero-order chi connectivity index (χ0) is 23.6. The second-order valence-corrected chi connectivity index (χ2v) is 12.2. The van der Waals surface area contributed by atoms with Crippen molar-refractivity contribution in [2.45, 2.75) is 63.7 Å². The van der Waals surface area contributed by atoms with Crippen molar-refractivity contribution < 1.29 is 21.6 Å². The second-order valence-electron chi connectivity index (χ2n) is 10.2. The van der Waals surface area contributed by atoms with Gasteiger partial charge in [-0.2, -0.15) is 18.3 Å². The molecule has 1 spiro atoms. The van der Waals surface area contributed by atoms with E-state index in [-0.39, 0.29) is 17.4 Å². The molecule has 0 unspecified atom stereocenters. The topological polar surface area (TPSA) is 81.0 Å². The maximum Gasteiger partial charge on any atom is 0.433 e. The molecule has 3 aliphatic rings. The van der Waals surface area contributed by atoms with Gasteiger partial charge >= 0.3 is 6.18 Å². The Bertz CT molecular complexity index is 1130. The Balaban J connectivity index is 1.32. The Labute approximate surface area is 191 Å². The molecule has 0 bridgehead atoms. The summed E-state index contributed by atoms with van der Waals surface area (Å²) < 4.78 is 63.8. The molecular formula is C22H28F3N5O2S. The Hall–Kier alpha value is -2.01. The van der Waals surface area contributed by atoms with Crippen LogP contribution in [0, 0.1) is 5.41 Å². The maximum absolute atomic E-state index is 12.8. The average Bonchev–Trinajstić information content (AvgIpc) is 3.44. The van der Waals surface area contributed by atoms with E-state index in [4.69, 9.17) is 4.98 Å². The normalized spacial score (nSPS) is 26.8. The summed E-state index contributed by atoms with van der Waals surface area (Å²) in [6.07, 6.45) is 0.559. The minimum atomic E-state index is -4.48. The molecule has 0 amide bonds. The van der Waals surface area contributed by atoms with Crippen molar-refractivity contribution in [3.05, 3.63) is 29.8 Å². The van der Waals surface area contributed by atoms with Gasteiger partial charge in [0.2, 0.25) is 0 Å². The molecule has 1 aliphatic carbocycles. The van der Waals surface area contributed by atoms with E-state index in [2.05, 4.69) is 15.0 Å². The first kappa shape index (κ1) is 22.8. The number of hydrogen-bond acceptors (Lipinski definition) is 6. The fraction of sp³-hybridized carbons (Fsp3) is 0.682. The minimum absolute atomic E-state index is 0.0440. The third-order valence-electron chi connectivity index (χ3n) is 7.27. The van der Waals surface area contributed by atoms with E-state index in [0.29, 0.717) is 28.9 Å². The summed E-state index contributed by atoms with van der Waals surface area (Å²) in [5, 5.41) is 4.60. The van der Waals surface area contributed by atoms with Crippen molar-refractivity contribution in [2.24, 2.45) is 5.41 Å². The highest BCUT2D eigenvalue weighted by atomic mass is 32.2. The Morgan fingerprint density at radius 1 is 1.18 bits per heavy atom. The lowest BCUT2D eigenvalue weighted by atomic mass is 9.91. The lowest BCUT2D eigenvalue weighted by Gasteiger charge is -2.38. The van der Waals surface area contributed by atoms with Crippen LogP contribution in [0.5, 0.6) is 0 Å². The molecule has 33 heavy (non-hydrogen) atoms. The van der Waals surface area contributed by atoms with Crippen molar-refractivity contribution in [3.63, 3.8) is 0 Å². The largest absolute Gasteiger partial charge is 0.433 e. The second kappa shape index (κ2) is 7.76. The number of nitrogens with zero attached hydrogens (tertiary/aromatic N) is 5. The molecule has 4 heterocycles. The third-order valence-corrected chi connectivity index (χ3v) is 9.37. The van der Waals surface area contributed by atoms with Gasteiger partial charge in [0, 0.05) is 41.7 Å². The summed E-state index contributed by atoms with van der Waals surface area (Å²) >= 11 is 0. The molecule has 0 radical (unpaired) electrons. The number of likely N-dealkylation sites (tertiary alicyclic amines) is 1. The number of pyridine rings is 1. The zero-order valence-electron chi connectivity index (χ0n) is 18.7. The van der Waals surface area contributed by atoms with Crippen molar-refractivity contribution in [3.8, 4) is 11.4 Å². The molecule has 3 fully saturated rings. The first-order valence-electron chi connectivity index (χ1n) is 11.4. The maximum atomic E-state index is 12.8. The molecule has 2 atom stereocenters. The van der Waals surface area contributed by atoms with Crippen molar-refractivity contribution in [2.75, 3.05) is 24.6 Å². The fourth-order valence-electron chi connectivity index (χ4n) is 5.74. The van der Waals surface area contributed by atoms with Gasteiger partial charge < -0.3 is 0 Å². The van der Waals surface area contributed by atoms with Gasteiger partial charge in [-0.1, -0.05) is 0 Å². The molecule has 0 aromatic carbocycles. The number of aromatic nitrogens is 4. The molecule has 2 aromatic heterocycles. The molecular weight excluding hydrogens is 455 g/mol. The molecule has 0 N–H and O–H groups in total. The first-order valence-corrected chi connectivity index (χ1v) is 13.2. The van der Waals surface area contributed by atoms with Crippen molar-refractivity contribution in [1.29, 1.82) is 0 Å². The van der Waals surface area contributed by atoms with Crippen LogP contribution < -0.4 is 0 Å². The number of sulfone groups is 1. The van der Waals surface area contributed by atoms with Gasteiger partial charge in [0.15, 0.2) is 15.7 Å². The van der Waals surface area contributed by atoms with Crippen molar-refractivity contribution in [1.82, 2.24) is 24.6 Å². The molecule has 7 nitrogen and oxygen atoms in total. The van der Waals surface area contributed by atoms with Gasteiger partial charge in [-0.05, 0) is 58.2 Å². The molecule has 5 rings (SSSR count). The molecule has 1 saturated carbocycles.